The molecule has 0 aliphatic heterocycles. The van der Waals surface area contributed by atoms with Crippen LogP contribution in [0.25, 0.3) is 0 Å². The van der Waals surface area contributed by atoms with E-state index >= 15 is 0 Å². The highest BCUT2D eigenvalue weighted by Gasteiger charge is 2.24. The second-order valence-corrected chi connectivity index (χ2v) is 3.10. The zero-order chi connectivity index (χ0) is 6.69. The molecule has 1 saturated carbocycles. The summed E-state index contributed by atoms with van der Waals surface area (Å²) in [5.41, 5.74) is 5.59. The zero-order valence-electron chi connectivity index (χ0n) is 6.27. The fourth-order valence-corrected chi connectivity index (χ4v) is 1.60. The lowest BCUT2D eigenvalue weighted by Gasteiger charge is -2.32. The second-order valence-electron chi connectivity index (χ2n) is 3.10. The van der Waals surface area contributed by atoms with Crippen molar-refractivity contribution in [2.75, 3.05) is 6.54 Å². The third kappa shape index (κ3) is 1.45. The van der Waals surface area contributed by atoms with Crippen molar-refractivity contribution in [1.82, 2.24) is 0 Å². The van der Waals surface area contributed by atoms with Crippen molar-refractivity contribution in [3.63, 3.8) is 0 Å². The molecule has 0 heterocycles. The molecule has 9 heavy (non-hydrogen) atoms. The van der Waals surface area contributed by atoms with Gasteiger partial charge in [0.2, 0.25) is 0 Å². The standard InChI is InChI=1S/C8H17N/c1-2-7(6-9)8-4-3-5-8/h7-8H,2-6,9H2,1H3/t7-/m1/s1. The molecule has 2 N–H and O–H groups in total. The van der Waals surface area contributed by atoms with Gasteiger partial charge in [-0.25, -0.2) is 0 Å². The summed E-state index contributed by atoms with van der Waals surface area (Å²) in [5, 5.41) is 0. The zero-order valence-corrected chi connectivity index (χ0v) is 6.27. The Bertz CT molecular complexity index is 72.6. The van der Waals surface area contributed by atoms with Gasteiger partial charge in [0.05, 0.1) is 0 Å². The third-order valence-corrected chi connectivity index (χ3v) is 2.64. The molecule has 0 aromatic rings. The van der Waals surface area contributed by atoms with Crippen LogP contribution in [0.15, 0.2) is 0 Å². The molecule has 1 nitrogen and oxygen atoms in total. The van der Waals surface area contributed by atoms with Crippen LogP contribution in [-0.2, 0) is 0 Å². The fraction of sp³-hybridized carbons (Fsp3) is 1.00. The molecule has 1 aliphatic carbocycles. The van der Waals surface area contributed by atoms with Crippen LogP contribution < -0.4 is 5.73 Å². The quantitative estimate of drug-likeness (QED) is 0.614. The molecule has 0 aromatic heterocycles. The first-order valence-corrected chi connectivity index (χ1v) is 4.08. The van der Waals surface area contributed by atoms with Gasteiger partial charge in [-0.05, 0) is 18.4 Å². The summed E-state index contributed by atoms with van der Waals surface area (Å²) in [4.78, 5) is 0. The Morgan fingerprint density at radius 1 is 1.56 bits per heavy atom. The van der Waals surface area contributed by atoms with Crippen LogP contribution in [0.5, 0.6) is 0 Å². The predicted octanol–water partition coefficient (Wildman–Crippen LogP) is 1.77. The average molecular weight is 127 g/mol. The van der Waals surface area contributed by atoms with Crippen molar-refractivity contribution in [3.05, 3.63) is 0 Å². The second kappa shape index (κ2) is 3.21. The highest BCUT2D eigenvalue weighted by atomic mass is 14.6. The Kier molecular flexibility index (Phi) is 2.52. The van der Waals surface area contributed by atoms with E-state index < -0.39 is 0 Å². The highest BCUT2D eigenvalue weighted by Crippen LogP contribution is 2.34. The number of hydrogen-bond acceptors (Lipinski definition) is 1. The van der Waals surface area contributed by atoms with Crippen LogP contribution in [0.1, 0.15) is 32.6 Å². The molecular formula is C8H17N. The van der Waals surface area contributed by atoms with Gasteiger partial charge in [0.15, 0.2) is 0 Å². The Morgan fingerprint density at radius 2 is 2.22 bits per heavy atom. The fourth-order valence-electron chi connectivity index (χ4n) is 1.60. The minimum absolute atomic E-state index is 0.832. The first-order valence-electron chi connectivity index (χ1n) is 4.08. The topological polar surface area (TPSA) is 26.0 Å². The van der Waals surface area contributed by atoms with E-state index in [0.717, 1.165) is 18.4 Å². The Hall–Kier alpha value is -0.0400. The van der Waals surface area contributed by atoms with Gasteiger partial charge in [0.1, 0.15) is 0 Å². The lowest BCUT2D eigenvalue weighted by Crippen LogP contribution is -2.27. The van der Waals surface area contributed by atoms with Gasteiger partial charge in [-0.15, -0.1) is 0 Å². The summed E-state index contributed by atoms with van der Waals surface area (Å²) in [6.45, 7) is 3.15. The van der Waals surface area contributed by atoms with Gasteiger partial charge in [-0.1, -0.05) is 32.6 Å². The maximum Gasteiger partial charge on any atom is -0.00463 e. The molecule has 1 atom stereocenters. The lowest BCUT2D eigenvalue weighted by molar-refractivity contribution is 0.206. The van der Waals surface area contributed by atoms with E-state index in [4.69, 9.17) is 5.73 Å². The molecular weight excluding hydrogens is 110 g/mol. The monoisotopic (exact) mass is 127 g/mol. The molecule has 0 amide bonds. The van der Waals surface area contributed by atoms with Gasteiger partial charge in [-0.2, -0.15) is 0 Å². The van der Waals surface area contributed by atoms with Gasteiger partial charge in [0.25, 0.3) is 0 Å². The maximum atomic E-state index is 5.59. The molecule has 0 bridgehead atoms. The van der Waals surface area contributed by atoms with E-state index in [1.165, 1.54) is 25.7 Å². The van der Waals surface area contributed by atoms with Gasteiger partial charge in [-0.3, -0.25) is 0 Å². The van der Waals surface area contributed by atoms with E-state index in [2.05, 4.69) is 6.92 Å². The number of rotatable bonds is 3. The predicted molar refractivity (Wildman–Crippen MR) is 40.2 cm³/mol. The van der Waals surface area contributed by atoms with Gasteiger partial charge in [0, 0.05) is 0 Å². The van der Waals surface area contributed by atoms with E-state index in [9.17, 15) is 0 Å². The van der Waals surface area contributed by atoms with Crippen LogP contribution in [0.4, 0.5) is 0 Å². The third-order valence-electron chi connectivity index (χ3n) is 2.64. The van der Waals surface area contributed by atoms with Crippen LogP contribution in [0.3, 0.4) is 0 Å². The Balaban J connectivity index is 2.19. The summed E-state index contributed by atoms with van der Waals surface area (Å²) in [6, 6.07) is 0. The summed E-state index contributed by atoms with van der Waals surface area (Å²) >= 11 is 0. The van der Waals surface area contributed by atoms with E-state index in [0.29, 0.717) is 0 Å². The van der Waals surface area contributed by atoms with Crippen molar-refractivity contribution in [2.24, 2.45) is 17.6 Å². The Morgan fingerprint density at radius 3 is 2.33 bits per heavy atom. The van der Waals surface area contributed by atoms with Crippen molar-refractivity contribution in [2.45, 2.75) is 32.6 Å². The van der Waals surface area contributed by atoms with Crippen molar-refractivity contribution >= 4 is 0 Å². The Labute approximate surface area is 57.6 Å². The molecule has 1 heteroatoms. The molecule has 1 fully saturated rings. The molecule has 54 valence electrons. The molecule has 0 saturated heterocycles. The lowest BCUT2D eigenvalue weighted by atomic mass is 9.75. The summed E-state index contributed by atoms with van der Waals surface area (Å²) < 4.78 is 0. The molecule has 1 rings (SSSR count). The number of hydrogen-bond donors (Lipinski definition) is 1. The van der Waals surface area contributed by atoms with Crippen molar-refractivity contribution < 1.29 is 0 Å². The smallest absolute Gasteiger partial charge is 0.00463 e. The largest absolute Gasteiger partial charge is 0.330 e. The maximum absolute atomic E-state index is 5.59. The molecule has 0 radical (unpaired) electrons. The molecule has 0 aromatic carbocycles. The number of nitrogens with two attached hydrogens (primary N) is 1. The normalized spacial score (nSPS) is 23.3. The van der Waals surface area contributed by atoms with Gasteiger partial charge >= 0.3 is 0 Å². The minimum atomic E-state index is 0.832. The van der Waals surface area contributed by atoms with Crippen molar-refractivity contribution in [1.29, 1.82) is 0 Å². The summed E-state index contributed by atoms with van der Waals surface area (Å²) in [7, 11) is 0. The van der Waals surface area contributed by atoms with E-state index in [1.54, 1.807) is 0 Å². The van der Waals surface area contributed by atoms with Crippen molar-refractivity contribution in [3.8, 4) is 0 Å². The first-order chi connectivity index (χ1) is 4.38. The van der Waals surface area contributed by atoms with Crippen LogP contribution >= 0.6 is 0 Å². The van der Waals surface area contributed by atoms with E-state index in [-0.39, 0.29) is 0 Å². The molecule has 0 unspecified atom stereocenters. The molecule has 1 aliphatic rings. The minimum Gasteiger partial charge on any atom is -0.330 e. The highest BCUT2D eigenvalue weighted by molar-refractivity contribution is 4.76. The van der Waals surface area contributed by atoms with Crippen LogP contribution in [-0.4, -0.2) is 6.54 Å². The summed E-state index contributed by atoms with van der Waals surface area (Å²) in [6.07, 6.45) is 5.60. The van der Waals surface area contributed by atoms with Crippen LogP contribution in [0.2, 0.25) is 0 Å². The van der Waals surface area contributed by atoms with Crippen LogP contribution in [0, 0.1) is 11.8 Å². The first kappa shape index (κ1) is 7.07. The molecule has 0 spiro atoms. The van der Waals surface area contributed by atoms with Gasteiger partial charge < -0.3 is 5.73 Å². The average Bonchev–Trinajstić information content (AvgIpc) is 1.78. The summed E-state index contributed by atoms with van der Waals surface area (Å²) in [5.74, 6) is 1.82. The van der Waals surface area contributed by atoms with E-state index in [1.807, 2.05) is 0 Å². The SMILES string of the molecule is CC[C@H](CN)C1CCC1.